The van der Waals surface area contributed by atoms with E-state index in [1.807, 2.05) is 20.8 Å². The Labute approximate surface area is 271 Å². The van der Waals surface area contributed by atoms with E-state index >= 15 is 0 Å². The number of imide groups is 2. The lowest BCUT2D eigenvalue weighted by atomic mass is 10.0. The van der Waals surface area contributed by atoms with E-state index in [1.165, 1.54) is 0 Å². The number of carbonyl (C=O) groups is 6. The van der Waals surface area contributed by atoms with Crippen LogP contribution in [-0.2, 0) is 19.1 Å². The number of anilines is 1. The summed E-state index contributed by atoms with van der Waals surface area (Å²) in [6.45, 7) is 8.20. The van der Waals surface area contributed by atoms with E-state index in [1.54, 1.807) is 23.1 Å². The largest absolute Gasteiger partial charge is 0.444 e. The van der Waals surface area contributed by atoms with Crippen molar-refractivity contribution in [3.8, 4) is 0 Å². The Kier molecular flexibility index (Phi) is 12.2. The Morgan fingerprint density at radius 2 is 1.54 bits per heavy atom. The molecule has 2 atom stereocenters. The number of piperidine rings is 1. The van der Waals surface area contributed by atoms with Gasteiger partial charge in [-0.1, -0.05) is 38.5 Å². The Bertz CT molecular complexity index is 1310. The maximum atomic E-state index is 13.0. The Hall–Kier alpha value is -3.96. The van der Waals surface area contributed by atoms with Crippen LogP contribution >= 0.6 is 0 Å². The van der Waals surface area contributed by atoms with Crippen molar-refractivity contribution in [3.63, 3.8) is 0 Å². The molecule has 0 spiro atoms. The number of hydrogen-bond donors (Lipinski definition) is 3. The summed E-state index contributed by atoms with van der Waals surface area (Å²) >= 11 is 0. The standard InChI is InChI=1S/C34H49N5O7/c1-34(2,3)46-33(45)38-19-16-23(22-38)20-29(41)36-18-11-9-7-5-4-6-8-10-17-35-24-12-13-25-26(21-24)32(44)39(31(25)43)27-14-15-28(40)37-30(27)42/h12-13,21,23,27,35H,4-11,14-20,22H2,1-3H3,(H,36,41)(H,37,40,42)/t23-,27?/m0/s1. The number of unbranched alkanes of at least 4 members (excludes halogenated alkanes) is 7. The fourth-order valence-corrected chi connectivity index (χ4v) is 6.18. The van der Waals surface area contributed by atoms with Crippen LogP contribution in [0.25, 0.3) is 0 Å². The van der Waals surface area contributed by atoms with Gasteiger partial charge >= 0.3 is 6.09 Å². The van der Waals surface area contributed by atoms with Gasteiger partial charge in [-0.3, -0.25) is 34.2 Å². The van der Waals surface area contributed by atoms with Gasteiger partial charge in [0.05, 0.1) is 11.1 Å². The molecule has 3 aliphatic rings. The summed E-state index contributed by atoms with van der Waals surface area (Å²) in [6, 6.07) is 4.09. The van der Waals surface area contributed by atoms with Crippen molar-refractivity contribution in [1.82, 2.24) is 20.4 Å². The second-order valence-electron chi connectivity index (χ2n) is 13.6. The first-order chi connectivity index (χ1) is 21.9. The summed E-state index contributed by atoms with van der Waals surface area (Å²) < 4.78 is 5.42. The SMILES string of the molecule is CC(C)(C)OC(=O)N1CC[C@@H](CC(=O)NCCCCCCCCCCNc2ccc3c(c2)C(=O)N(C2CCC(=O)NC2=O)C3=O)C1. The number of nitrogens with zero attached hydrogens (tertiary/aromatic N) is 2. The number of carbonyl (C=O) groups excluding carboxylic acids is 6. The van der Waals surface area contributed by atoms with Crippen LogP contribution in [0.15, 0.2) is 18.2 Å². The molecule has 0 radical (unpaired) electrons. The molecule has 46 heavy (non-hydrogen) atoms. The molecule has 1 unspecified atom stereocenters. The molecule has 3 N–H and O–H groups in total. The summed E-state index contributed by atoms with van der Waals surface area (Å²) in [5, 5.41) is 8.56. The molecule has 3 aliphatic heterocycles. The molecule has 0 bridgehead atoms. The molecule has 2 fully saturated rings. The van der Waals surface area contributed by atoms with Gasteiger partial charge in [-0.15, -0.1) is 0 Å². The Morgan fingerprint density at radius 1 is 0.891 bits per heavy atom. The number of benzene rings is 1. The molecule has 0 aromatic heterocycles. The number of rotatable bonds is 15. The monoisotopic (exact) mass is 639 g/mol. The highest BCUT2D eigenvalue weighted by atomic mass is 16.6. The predicted molar refractivity (Wildman–Crippen MR) is 172 cm³/mol. The summed E-state index contributed by atoms with van der Waals surface area (Å²) in [5.74, 6) is -1.77. The van der Waals surface area contributed by atoms with Crippen molar-refractivity contribution in [2.45, 2.75) is 109 Å². The molecule has 12 heteroatoms. The molecule has 1 aromatic carbocycles. The second-order valence-corrected chi connectivity index (χ2v) is 13.6. The van der Waals surface area contributed by atoms with Gasteiger partial charge in [0.2, 0.25) is 17.7 Å². The van der Waals surface area contributed by atoms with Gasteiger partial charge in [0.25, 0.3) is 11.8 Å². The summed E-state index contributed by atoms with van der Waals surface area (Å²) in [6.07, 6.45) is 9.91. The van der Waals surface area contributed by atoms with Crippen LogP contribution in [0.2, 0.25) is 0 Å². The van der Waals surface area contributed by atoms with E-state index in [9.17, 15) is 28.8 Å². The van der Waals surface area contributed by atoms with Crippen LogP contribution in [0.5, 0.6) is 0 Å². The van der Waals surface area contributed by atoms with Gasteiger partial charge in [-0.2, -0.15) is 0 Å². The third kappa shape index (κ3) is 9.77. The van der Waals surface area contributed by atoms with Crippen LogP contribution in [-0.4, -0.2) is 83.3 Å². The smallest absolute Gasteiger partial charge is 0.410 e. The van der Waals surface area contributed by atoms with Crippen LogP contribution in [0, 0.1) is 5.92 Å². The molecule has 6 amide bonds. The van der Waals surface area contributed by atoms with Crippen LogP contribution in [0.1, 0.15) is 119 Å². The van der Waals surface area contributed by atoms with E-state index in [0.717, 1.165) is 74.9 Å². The Morgan fingerprint density at radius 3 is 2.22 bits per heavy atom. The molecular formula is C34H49N5O7. The average molecular weight is 640 g/mol. The highest BCUT2D eigenvalue weighted by Gasteiger charge is 2.44. The maximum Gasteiger partial charge on any atom is 0.410 e. The summed E-state index contributed by atoms with van der Waals surface area (Å²) in [5.41, 5.74) is 0.792. The molecule has 2 saturated heterocycles. The lowest BCUT2D eigenvalue weighted by Crippen LogP contribution is -2.54. The molecule has 4 rings (SSSR count). The van der Waals surface area contributed by atoms with Crippen molar-refractivity contribution in [1.29, 1.82) is 0 Å². The second kappa shape index (κ2) is 16.0. The fraction of sp³-hybridized carbons (Fsp3) is 0.647. The molecule has 1 aromatic rings. The van der Waals surface area contributed by atoms with Crippen molar-refractivity contribution in [2.24, 2.45) is 5.92 Å². The van der Waals surface area contributed by atoms with Crippen molar-refractivity contribution in [3.05, 3.63) is 29.3 Å². The van der Waals surface area contributed by atoms with E-state index in [-0.39, 0.29) is 41.9 Å². The number of hydrogen-bond acceptors (Lipinski definition) is 8. The van der Waals surface area contributed by atoms with Crippen LogP contribution in [0.4, 0.5) is 10.5 Å². The van der Waals surface area contributed by atoms with Gasteiger partial charge in [0, 0.05) is 44.7 Å². The molecule has 252 valence electrons. The Balaban J connectivity index is 1.00. The van der Waals surface area contributed by atoms with Gasteiger partial charge in [-0.25, -0.2) is 4.79 Å². The third-order valence-electron chi connectivity index (χ3n) is 8.61. The summed E-state index contributed by atoms with van der Waals surface area (Å²) in [7, 11) is 0. The van der Waals surface area contributed by atoms with E-state index in [0.29, 0.717) is 26.1 Å². The lowest BCUT2D eigenvalue weighted by Gasteiger charge is -2.27. The van der Waals surface area contributed by atoms with Crippen LogP contribution < -0.4 is 16.0 Å². The van der Waals surface area contributed by atoms with Crippen molar-refractivity contribution >= 4 is 41.3 Å². The number of nitrogens with one attached hydrogen (secondary N) is 3. The molecule has 12 nitrogen and oxygen atoms in total. The first-order valence-corrected chi connectivity index (χ1v) is 16.8. The first-order valence-electron chi connectivity index (χ1n) is 16.8. The van der Waals surface area contributed by atoms with Gasteiger partial charge in [0.1, 0.15) is 11.6 Å². The fourth-order valence-electron chi connectivity index (χ4n) is 6.18. The quantitative estimate of drug-likeness (QED) is 0.189. The molecule has 3 heterocycles. The lowest BCUT2D eigenvalue weighted by molar-refractivity contribution is -0.136. The maximum absolute atomic E-state index is 13.0. The van der Waals surface area contributed by atoms with E-state index in [4.69, 9.17) is 4.74 Å². The number of ether oxygens (including phenoxy) is 1. The zero-order valence-corrected chi connectivity index (χ0v) is 27.5. The molecule has 0 aliphatic carbocycles. The average Bonchev–Trinajstić information content (AvgIpc) is 3.55. The number of likely N-dealkylation sites (tertiary alicyclic amines) is 1. The highest BCUT2D eigenvalue weighted by Crippen LogP contribution is 2.29. The molecular weight excluding hydrogens is 590 g/mol. The predicted octanol–water partition coefficient (Wildman–Crippen LogP) is 4.38. The normalized spacial score (nSPS) is 19.7. The van der Waals surface area contributed by atoms with E-state index in [2.05, 4.69) is 16.0 Å². The topological polar surface area (TPSA) is 154 Å². The summed E-state index contributed by atoms with van der Waals surface area (Å²) in [4.78, 5) is 76.7. The third-order valence-corrected chi connectivity index (χ3v) is 8.61. The number of fused-ring (bicyclic) bond motifs is 1. The minimum absolute atomic E-state index is 0.0545. The van der Waals surface area contributed by atoms with Gasteiger partial charge in [-0.05, 0) is 70.6 Å². The zero-order valence-electron chi connectivity index (χ0n) is 27.5. The zero-order chi connectivity index (χ0) is 33.3. The van der Waals surface area contributed by atoms with Gasteiger partial charge in [0.15, 0.2) is 0 Å². The van der Waals surface area contributed by atoms with Crippen molar-refractivity contribution in [2.75, 3.05) is 31.5 Å². The minimum atomic E-state index is -0.962. The highest BCUT2D eigenvalue weighted by molar-refractivity contribution is 6.23. The first kappa shape index (κ1) is 34.9. The molecule has 0 saturated carbocycles. The van der Waals surface area contributed by atoms with Gasteiger partial charge < -0.3 is 20.3 Å². The minimum Gasteiger partial charge on any atom is -0.444 e. The van der Waals surface area contributed by atoms with E-state index < -0.39 is 35.3 Å². The van der Waals surface area contributed by atoms with Crippen LogP contribution in [0.3, 0.4) is 0 Å². The number of amides is 6. The van der Waals surface area contributed by atoms with Crippen molar-refractivity contribution < 1.29 is 33.5 Å².